The first-order valence-corrected chi connectivity index (χ1v) is 11.0. The topological polar surface area (TPSA) is 132 Å². The third-order valence-corrected chi connectivity index (χ3v) is 7.56. The predicted octanol–water partition coefficient (Wildman–Crippen LogP) is 0.494. The smallest absolute Gasteiger partial charge is 0.352 e. The summed E-state index contributed by atoms with van der Waals surface area (Å²) in [6, 6.07) is 3.36. The Morgan fingerprint density at radius 1 is 1.41 bits per heavy atom. The molecule has 2 heterocycles. The summed E-state index contributed by atoms with van der Waals surface area (Å²) in [4.78, 5) is 26.6. The summed E-state index contributed by atoms with van der Waals surface area (Å²) >= 11 is 0. The van der Waals surface area contributed by atoms with Crippen LogP contribution in [0.2, 0.25) is 0 Å². The Bertz CT molecular complexity index is 1020. The van der Waals surface area contributed by atoms with Gasteiger partial charge in [-0.15, -0.1) is 0 Å². The van der Waals surface area contributed by atoms with Crippen LogP contribution in [0.4, 0.5) is 0 Å². The molecule has 5 atom stereocenters. The first-order valence-electron chi connectivity index (χ1n) is 11.0. The summed E-state index contributed by atoms with van der Waals surface area (Å²) in [5, 5.41) is 22.6. The number of likely N-dealkylation sites (tertiary alicyclic amines) is 1. The van der Waals surface area contributed by atoms with Gasteiger partial charge in [-0.25, -0.2) is 4.79 Å². The zero-order valence-electron chi connectivity index (χ0n) is 18.2. The maximum Gasteiger partial charge on any atom is 0.352 e. The van der Waals surface area contributed by atoms with Gasteiger partial charge in [0.15, 0.2) is 23.7 Å². The van der Waals surface area contributed by atoms with Gasteiger partial charge in [-0.05, 0) is 51.1 Å². The first kappa shape index (κ1) is 21.2. The fraction of sp³-hybridized carbons (Fsp3) is 0.565. The number of hydrogen-bond donors (Lipinski definition) is 3. The van der Waals surface area contributed by atoms with Crippen molar-refractivity contribution in [1.29, 1.82) is 0 Å². The Hall–Kier alpha value is -2.62. The Labute approximate surface area is 185 Å². The number of nitrogens with two attached hydrogens (primary N) is 1. The van der Waals surface area contributed by atoms with Crippen molar-refractivity contribution < 1.29 is 34.0 Å². The minimum atomic E-state index is -1.13. The van der Waals surface area contributed by atoms with Gasteiger partial charge in [-0.2, -0.15) is 0 Å². The number of aromatic hydroxyl groups is 1. The van der Waals surface area contributed by atoms with Gasteiger partial charge in [-0.1, -0.05) is 6.07 Å². The number of esters is 2. The van der Waals surface area contributed by atoms with E-state index in [1.54, 1.807) is 12.1 Å². The lowest BCUT2D eigenvalue weighted by atomic mass is 9.50. The van der Waals surface area contributed by atoms with Crippen molar-refractivity contribution in [2.75, 3.05) is 20.1 Å². The largest absolute Gasteiger partial charge is 0.504 e. The van der Waals surface area contributed by atoms with E-state index in [4.69, 9.17) is 19.9 Å². The molecule has 1 saturated heterocycles. The molecule has 0 aromatic heterocycles. The van der Waals surface area contributed by atoms with Crippen LogP contribution in [0.5, 0.6) is 11.5 Å². The normalized spacial score (nSPS) is 32.9. The number of hydrogen-bond acceptors (Lipinski definition) is 9. The molecule has 1 fully saturated rings. The molecule has 2 aliphatic carbocycles. The van der Waals surface area contributed by atoms with Crippen LogP contribution >= 0.6 is 0 Å². The second-order valence-electron chi connectivity index (χ2n) is 9.19. The molecular weight excluding hydrogens is 416 g/mol. The van der Waals surface area contributed by atoms with Crippen LogP contribution in [0, 0.1) is 0 Å². The average Bonchev–Trinajstić information content (AvgIpc) is 3.10. The molecule has 1 aromatic carbocycles. The van der Waals surface area contributed by atoms with E-state index in [2.05, 4.69) is 4.90 Å². The summed E-state index contributed by atoms with van der Waals surface area (Å²) in [5.41, 5.74) is 5.23. The molecule has 2 bridgehead atoms. The van der Waals surface area contributed by atoms with Crippen LogP contribution in [0.15, 0.2) is 24.0 Å². The van der Waals surface area contributed by atoms with E-state index in [1.165, 1.54) is 6.92 Å². The maximum absolute atomic E-state index is 12.7. The fourth-order valence-electron chi connectivity index (χ4n) is 6.06. The summed E-state index contributed by atoms with van der Waals surface area (Å²) in [7, 11) is 2.00. The van der Waals surface area contributed by atoms with Gasteiger partial charge in [0, 0.05) is 24.6 Å². The molecule has 2 aliphatic heterocycles. The molecular formula is C23H28N2O7. The Morgan fingerprint density at radius 3 is 2.94 bits per heavy atom. The second-order valence-corrected chi connectivity index (χ2v) is 9.19. The van der Waals surface area contributed by atoms with Gasteiger partial charge in [0.05, 0.1) is 17.4 Å². The number of phenolic OH excluding ortho intramolecular Hbond substituents is 1. The minimum absolute atomic E-state index is 0.00186. The van der Waals surface area contributed by atoms with Gasteiger partial charge in [0.2, 0.25) is 0 Å². The van der Waals surface area contributed by atoms with Crippen LogP contribution in [0.3, 0.4) is 0 Å². The number of rotatable bonds is 5. The number of carbonyl (C=O) groups excluding carboxylic acids is 2. The summed E-state index contributed by atoms with van der Waals surface area (Å²) in [6.07, 6.45) is 1.32. The monoisotopic (exact) mass is 444 g/mol. The number of aliphatic hydroxyl groups is 1. The third-order valence-electron chi connectivity index (χ3n) is 7.56. The minimum Gasteiger partial charge on any atom is -0.504 e. The van der Waals surface area contributed by atoms with Crippen LogP contribution in [0.1, 0.15) is 37.3 Å². The molecule has 9 heteroatoms. The maximum atomic E-state index is 12.7. The highest BCUT2D eigenvalue weighted by molar-refractivity contribution is 5.80. The quantitative estimate of drug-likeness (QED) is 0.555. The van der Waals surface area contributed by atoms with Gasteiger partial charge in [-0.3, -0.25) is 4.79 Å². The van der Waals surface area contributed by atoms with Crippen molar-refractivity contribution in [2.24, 2.45) is 5.73 Å². The van der Waals surface area contributed by atoms with Crippen LogP contribution in [-0.4, -0.2) is 71.0 Å². The number of phenols is 1. The Kier molecular flexibility index (Phi) is 4.77. The third kappa shape index (κ3) is 2.68. The molecule has 1 aromatic rings. The summed E-state index contributed by atoms with van der Waals surface area (Å²) in [5.74, 6) is -0.685. The van der Waals surface area contributed by atoms with E-state index in [1.807, 2.05) is 13.1 Å². The molecule has 4 N–H and O–H groups in total. The predicted molar refractivity (Wildman–Crippen MR) is 112 cm³/mol. The van der Waals surface area contributed by atoms with E-state index >= 15 is 0 Å². The molecule has 0 radical (unpaired) electrons. The number of carbonyl (C=O) groups is 2. The highest BCUT2D eigenvalue weighted by Gasteiger charge is 2.72. The van der Waals surface area contributed by atoms with Crippen LogP contribution in [-0.2, 0) is 30.9 Å². The standard InChI is InChI=1S/C23H28N2O7/c1-12(30-17(27)6-9-24)21(28)31-15-5-7-23(29)16-11-13-3-4-14(26)19-18(13)22(23,20(15)32-19)8-10-25(16)2/h3-5,12,16,20,26,29H,6-11,24H2,1-2H3/t12?,16-,20+,22+,23-/m1/s1. The van der Waals surface area contributed by atoms with Crippen molar-refractivity contribution in [2.45, 2.75) is 61.9 Å². The van der Waals surface area contributed by atoms with Gasteiger partial charge in [0.1, 0.15) is 5.76 Å². The molecule has 4 aliphatic rings. The highest BCUT2D eigenvalue weighted by Crippen LogP contribution is 2.65. The fourth-order valence-corrected chi connectivity index (χ4v) is 6.06. The van der Waals surface area contributed by atoms with Crippen molar-refractivity contribution in [3.05, 3.63) is 35.1 Å². The zero-order valence-corrected chi connectivity index (χ0v) is 18.2. The lowest BCUT2D eigenvalue weighted by molar-refractivity contribution is -0.175. The molecule has 1 unspecified atom stereocenters. The summed E-state index contributed by atoms with van der Waals surface area (Å²) < 4.78 is 17.0. The summed E-state index contributed by atoms with van der Waals surface area (Å²) in [6.45, 7) is 2.30. The lowest BCUT2D eigenvalue weighted by Gasteiger charge is -2.61. The number of nitrogens with zero attached hydrogens (tertiary/aromatic N) is 1. The molecule has 0 saturated carbocycles. The van der Waals surface area contributed by atoms with E-state index in [0.717, 1.165) is 17.7 Å². The van der Waals surface area contributed by atoms with Gasteiger partial charge >= 0.3 is 11.9 Å². The molecule has 9 nitrogen and oxygen atoms in total. The molecule has 172 valence electrons. The molecule has 32 heavy (non-hydrogen) atoms. The number of piperidine rings is 1. The van der Waals surface area contributed by atoms with E-state index in [-0.39, 0.29) is 36.9 Å². The van der Waals surface area contributed by atoms with Crippen LogP contribution in [0.25, 0.3) is 0 Å². The number of benzene rings is 1. The van der Waals surface area contributed by atoms with Crippen molar-refractivity contribution in [1.82, 2.24) is 4.90 Å². The molecule has 5 rings (SSSR count). The number of likely N-dealkylation sites (N-methyl/N-ethyl adjacent to an activating group) is 1. The van der Waals surface area contributed by atoms with Crippen molar-refractivity contribution in [3.8, 4) is 11.5 Å². The van der Waals surface area contributed by atoms with Crippen molar-refractivity contribution >= 4 is 11.9 Å². The van der Waals surface area contributed by atoms with E-state index in [9.17, 15) is 19.8 Å². The highest BCUT2D eigenvalue weighted by atomic mass is 16.6. The molecule has 0 amide bonds. The van der Waals surface area contributed by atoms with Crippen LogP contribution < -0.4 is 10.5 Å². The van der Waals surface area contributed by atoms with E-state index in [0.29, 0.717) is 18.6 Å². The van der Waals surface area contributed by atoms with Crippen molar-refractivity contribution in [3.63, 3.8) is 0 Å². The Morgan fingerprint density at radius 2 is 2.19 bits per heavy atom. The van der Waals surface area contributed by atoms with Gasteiger partial charge < -0.3 is 35.1 Å². The second kappa shape index (κ2) is 7.19. The number of ether oxygens (including phenoxy) is 3. The van der Waals surface area contributed by atoms with Gasteiger partial charge in [0.25, 0.3) is 0 Å². The average molecular weight is 444 g/mol. The Balaban J connectivity index is 1.51. The molecule has 1 spiro atoms. The van der Waals surface area contributed by atoms with E-state index < -0.39 is 35.2 Å². The lowest BCUT2D eigenvalue weighted by Crippen LogP contribution is -2.74. The zero-order chi connectivity index (χ0) is 22.8. The SMILES string of the molecule is CC(OC(=O)CCN)C(=O)OC1=CC[C@@]2(O)[C@H]3Cc4ccc(O)c5c4[C@@]2(CCN3C)[C@H]1O5. The first-order chi connectivity index (χ1) is 15.2.